The topological polar surface area (TPSA) is 80.9 Å². The second-order valence-corrected chi connectivity index (χ2v) is 15.0. The van der Waals surface area contributed by atoms with Gasteiger partial charge >= 0.3 is 0 Å². The van der Waals surface area contributed by atoms with Gasteiger partial charge in [0.15, 0.2) is 0 Å². The highest BCUT2D eigenvalue weighted by molar-refractivity contribution is 9.05. The molecule has 4 aromatic rings. The first-order chi connectivity index (χ1) is 14.4. The molecule has 4 aromatic carbocycles. The molecule has 0 unspecified atom stereocenters. The Morgan fingerprint density at radius 3 is 1.17 bits per heavy atom. The van der Waals surface area contributed by atoms with Crippen molar-refractivity contribution < 1.29 is 19.3 Å². The second-order valence-electron chi connectivity index (χ2n) is 6.94. The van der Waals surface area contributed by atoms with Crippen molar-refractivity contribution >= 4 is 18.7 Å². The molecule has 0 fully saturated rings. The van der Waals surface area contributed by atoms with Crippen molar-refractivity contribution in [1.29, 1.82) is 0 Å². The van der Waals surface area contributed by atoms with Gasteiger partial charge in [-0.2, -0.15) is 0 Å². The van der Waals surface area contributed by atoms with Gasteiger partial charge in [0.25, 0.3) is 0 Å². The average Bonchev–Trinajstić information content (AvgIpc) is 2.78. The van der Waals surface area contributed by atoms with Crippen LogP contribution in [0.25, 0.3) is 0 Å². The van der Waals surface area contributed by atoms with Gasteiger partial charge in [0.2, 0.25) is 0 Å². The molecule has 0 aromatic heterocycles. The first-order valence-electron chi connectivity index (χ1n) is 9.42. The third-order valence-electron chi connectivity index (χ3n) is 5.06. The Kier molecular flexibility index (Phi) is 5.26. The van der Waals surface area contributed by atoms with Crippen LogP contribution in [0.15, 0.2) is 129 Å². The van der Waals surface area contributed by atoms with Gasteiger partial charge in [-0.25, -0.2) is 8.75 Å². The number of rotatable bonds is 5. The zero-order valence-corrected chi connectivity index (χ0v) is 17.9. The number of benzene rings is 4. The summed E-state index contributed by atoms with van der Waals surface area (Å²) in [5.74, 6) is -0.0911. The van der Waals surface area contributed by atoms with Crippen LogP contribution < -0.4 is 0 Å². The lowest BCUT2D eigenvalue weighted by Crippen LogP contribution is -2.19. The lowest BCUT2D eigenvalue weighted by molar-refractivity contribution is 0.456. The van der Waals surface area contributed by atoms with Crippen LogP contribution in [0, 0.1) is 0 Å². The normalized spacial score (nSPS) is 13.3. The third kappa shape index (κ3) is 3.24. The molecule has 30 heavy (non-hydrogen) atoms. The first-order valence-corrected chi connectivity index (χ1v) is 13.6. The summed E-state index contributed by atoms with van der Waals surface area (Å²) in [6.07, 6.45) is 0. The Bertz CT molecular complexity index is 1070. The zero-order chi connectivity index (χ0) is 21.2. The molecule has 0 radical (unpaired) electrons. The molecule has 0 atom stereocenters. The van der Waals surface area contributed by atoms with Crippen molar-refractivity contribution in [1.82, 2.24) is 0 Å². The summed E-state index contributed by atoms with van der Waals surface area (Å²) in [5, 5.41) is 21.5. The maximum absolute atomic E-state index is 12.5. The summed E-state index contributed by atoms with van der Waals surface area (Å²) in [5.41, 5.74) is 0. The molecule has 0 bridgehead atoms. The molecule has 0 aliphatic carbocycles. The van der Waals surface area contributed by atoms with E-state index in [1.54, 1.807) is 84.9 Å². The number of hydrogen-bond acceptors (Lipinski definition) is 4. The van der Waals surface area contributed by atoms with E-state index in [9.17, 15) is 19.3 Å². The number of hydrogen-bond donors (Lipinski definition) is 6. The zero-order valence-electron chi connectivity index (χ0n) is 16.1. The number of phenolic OH excluding ortho intramolecular Hbond substituents is 2. The maximum atomic E-state index is 12.5. The highest BCUT2D eigenvalue weighted by atomic mass is 33.2. The number of para-hydroxylation sites is 2. The van der Waals surface area contributed by atoms with Crippen LogP contribution in [-0.4, -0.2) is 19.3 Å². The highest BCUT2D eigenvalue weighted by Gasteiger charge is 2.42. The van der Waals surface area contributed by atoms with Crippen LogP contribution in [0.5, 0.6) is 11.5 Å². The number of phenols is 2. The van der Waals surface area contributed by atoms with Crippen LogP contribution in [-0.2, 0) is 0 Å². The fourth-order valence-corrected chi connectivity index (χ4v) is 13.6. The van der Waals surface area contributed by atoms with Crippen LogP contribution in [0.4, 0.5) is 0 Å². The number of aromatic hydroxyl groups is 2. The molecule has 0 heterocycles. The van der Waals surface area contributed by atoms with E-state index in [2.05, 4.69) is 0 Å². The molecule has 0 saturated heterocycles. The Labute approximate surface area is 178 Å². The van der Waals surface area contributed by atoms with Gasteiger partial charge < -0.3 is 19.3 Å². The van der Waals surface area contributed by atoms with E-state index in [0.717, 1.165) is 0 Å². The van der Waals surface area contributed by atoms with Crippen molar-refractivity contribution in [3.05, 3.63) is 109 Å². The fourth-order valence-electron chi connectivity index (χ4n) is 3.61. The SMILES string of the molecule is Oc1ccccc1[SH](c1ccccc1O)[SH](O)(O)(c1ccccc1)c1ccccc1. The van der Waals surface area contributed by atoms with Gasteiger partial charge in [-0.1, -0.05) is 60.7 Å². The van der Waals surface area contributed by atoms with E-state index in [4.69, 9.17) is 0 Å². The van der Waals surface area contributed by atoms with E-state index in [1.165, 1.54) is 12.1 Å². The molecular weight excluding hydrogens is 416 g/mol. The van der Waals surface area contributed by atoms with Crippen molar-refractivity contribution in [3.8, 4) is 11.5 Å². The summed E-state index contributed by atoms with van der Waals surface area (Å²) in [6, 6.07) is 30.7. The van der Waals surface area contributed by atoms with Crippen molar-refractivity contribution in [2.75, 3.05) is 0 Å². The van der Waals surface area contributed by atoms with E-state index in [-0.39, 0.29) is 11.5 Å². The fraction of sp³-hybridized carbons (Fsp3) is 0. The standard InChI is InChI=1S/C24H24O4S2/c25-21-15-7-9-17-23(21)29(24-18-10-8-16-22(24)26)30(27,28,19-11-3-1-4-12-19)20-13-5-2-6-14-20/h1-18,25-30H. The Hall–Kier alpha value is -2.90. The average molecular weight is 441 g/mol. The predicted octanol–water partition coefficient (Wildman–Crippen LogP) is 6.57. The molecule has 0 saturated carbocycles. The molecule has 0 spiro atoms. The van der Waals surface area contributed by atoms with E-state index < -0.39 is 18.7 Å². The van der Waals surface area contributed by atoms with Crippen LogP contribution >= 0.6 is 18.7 Å². The van der Waals surface area contributed by atoms with Gasteiger partial charge in [-0.05, 0) is 48.5 Å². The van der Waals surface area contributed by atoms with Crippen molar-refractivity contribution in [2.45, 2.75) is 19.6 Å². The molecule has 4 N–H and O–H groups in total. The Morgan fingerprint density at radius 1 is 0.467 bits per heavy atom. The monoisotopic (exact) mass is 440 g/mol. The molecule has 4 rings (SSSR count). The minimum absolute atomic E-state index is 0.0455. The van der Waals surface area contributed by atoms with Gasteiger partial charge in [0.1, 0.15) is 11.5 Å². The molecule has 0 aliphatic rings. The van der Waals surface area contributed by atoms with Gasteiger partial charge in [0.05, 0.1) is 0 Å². The van der Waals surface area contributed by atoms with E-state index in [1.807, 2.05) is 12.1 Å². The van der Waals surface area contributed by atoms with Crippen LogP contribution in [0.3, 0.4) is 0 Å². The molecule has 156 valence electrons. The summed E-state index contributed by atoms with van der Waals surface area (Å²) >= 11 is 0. The predicted molar refractivity (Wildman–Crippen MR) is 125 cm³/mol. The summed E-state index contributed by atoms with van der Waals surface area (Å²) < 4.78 is 25.1. The van der Waals surface area contributed by atoms with Gasteiger partial charge in [-0.3, -0.25) is 0 Å². The van der Waals surface area contributed by atoms with Crippen LogP contribution in [0.2, 0.25) is 0 Å². The molecule has 0 aliphatic heterocycles. The summed E-state index contributed by atoms with van der Waals surface area (Å²) in [7, 11) is -6.98. The minimum atomic E-state index is -4.95. The van der Waals surface area contributed by atoms with E-state index in [0.29, 0.717) is 19.6 Å². The molecule has 6 heteroatoms. The number of thiol groups is 2. The largest absolute Gasteiger partial charge is 0.507 e. The Balaban J connectivity index is 2.16. The molecule has 0 amide bonds. The lowest BCUT2D eigenvalue weighted by Gasteiger charge is -2.66. The third-order valence-corrected chi connectivity index (χ3v) is 14.9. The highest BCUT2D eigenvalue weighted by Crippen LogP contribution is 2.94. The maximum Gasteiger partial charge on any atom is 0.129 e. The smallest absolute Gasteiger partial charge is 0.129 e. The van der Waals surface area contributed by atoms with Crippen molar-refractivity contribution in [2.24, 2.45) is 0 Å². The lowest BCUT2D eigenvalue weighted by atomic mass is 10.3. The summed E-state index contributed by atoms with van der Waals surface area (Å²) in [4.78, 5) is 1.52. The Morgan fingerprint density at radius 2 is 0.800 bits per heavy atom. The summed E-state index contributed by atoms with van der Waals surface area (Å²) in [6.45, 7) is 0. The van der Waals surface area contributed by atoms with Gasteiger partial charge in [0, 0.05) is 19.6 Å². The first kappa shape index (κ1) is 20.4. The second kappa shape index (κ2) is 7.74. The van der Waals surface area contributed by atoms with Gasteiger partial charge in [-0.15, -0.1) is 9.93 Å². The quantitative estimate of drug-likeness (QED) is 0.157. The molecule has 4 nitrogen and oxygen atoms in total. The van der Waals surface area contributed by atoms with E-state index >= 15 is 0 Å². The van der Waals surface area contributed by atoms with Crippen LogP contribution in [0.1, 0.15) is 0 Å². The molecular formula is C24H24O4S2. The minimum Gasteiger partial charge on any atom is -0.507 e. The van der Waals surface area contributed by atoms with Crippen molar-refractivity contribution in [3.63, 3.8) is 0 Å².